The molecule has 1 amide bonds. The Morgan fingerprint density at radius 1 is 1.44 bits per heavy atom. The number of hydrogen-bond acceptors (Lipinski definition) is 3. The molecule has 1 aromatic rings. The second-order valence-corrected chi connectivity index (χ2v) is 3.91. The Kier molecular flexibility index (Phi) is 8.37. The number of anilines is 1. The molecule has 0 aliphatic rings. The molecule has 18 heavy (non-hydrogen) atoms. The summed E-state index contributed by atoms with van der Waals surface area (Å²) in [5, 5.41) is 5.80. The van der Waals surface area contributed by atoms with Crippen LogP contribution in [0.4, 0.5) is 5.69 Å². The number of nitrogens with one attached hydrogen (secondary N) is 2. The van der Waals surface area contributed by atoms with Crippen molar-refractivity contribution < 1.29 is 9.53 Å². The van der Waals surface area contributed by atoms with E-state index in [9.17, 15) is 4.79 Å². The third kappa shape index (κ3) is 5.49. The molecule has 5 heteroatoms. The van der Waals surface area contributed by atoms with Crippen LogP contribution < -0.4 is 10.6 Å². The van der Waals surface area contributed by atoms with E-state index < -0.39 is 0 Å². The van der Waals surface area contributed by atoms with Crippen LogP contribution in [0, 0.1) is 0 Å². The van der Waals surface area contributed by atoms with E-state index in [1.165, 1.54) is 0 Å². The Balaban J connectivity index is 0.00000289. The van der Waals surface area contributed by atoms with Crippen LogP contribution in [-0.2, 0) is 9.53 Å². The van der Waals surface area contributed by atoms with Crippen molar-refractivity contribution in [3.8, 4) is 0 Å². The summed E-state index contributed by atoms with van der Waals surface area (Å²) in [6, 6.07) is 7.71. The fourth-order valence-corrected chi connectivity index (χ4v) is 1.47. The van der Waals surface area contributed by atoms with Gasteiger partial charge in [-0.2, -0.15) is 0 Å². The van der Waals surface area contributed by atoms with Gasteiger partial charge in [0.15, 0.2) is 0 Å². The molecule has 0 aromatic heterocycles. The molecule has 0 aliphatic carbocycles. The maximum atomic E-state index is 11.5. The van der Waals surface area contributed by atoms with Crippen LogP contribution >= 0.6 is 12.4 Å². The highest BCUT2D eigenvalue weighted by molar-refractivity contribution is 5.90. The van der Waals surface area contributed by atoms with Crippen molar-refractivity contribution in [1.82, 2.24) is 5.32 Å². The minimum Gasteiger partial charge on any atom is -0.377 e. The second kappa shape index (κ2) is 8.91. The molecular formula is C13H21ClN2O2. The summed E-state index contributed by atoms with van der Waals surface area (Å²) in [6.45, 7) is 2.65. The topological polar surface area (TPSA) is 50.4 Å². The van der Waals surface area contributed by atoms with E-state index in [2.05, 4.69) is 10.6 Å². The molecule has 0 aliphatic heterocycles. The van der Waals surface area contributed by atoms with Gasteiger partial charge in [-0.1, -0.05) is 12.1 Å². The highest BCUT2D eigenvalue weighted by atomic mass is 35.5. The van der Waals surface area contributed by atoms with Crippen molar-refractivity contribution in [3.05, 3.63) is 29.8 Å². The quantitative estimate of drug-likeness (QED) is 0.836. The highest BCUT2D eigenvalue weighted by Crippen LogP contribution is 2.19. The molecule has 0 saturated heterocycles. The molecule has 0 radical (unpaired) electrons. The predicted molar refractivity (Wildman–Crippen MR) is 76.3 cm³/mol. The van der Waals surface area contributed by atoms with Crippen molar-refractivity contribution >= 4 is 24.0 Å². The van der Waals surface area contributed by atoms with Crippen molar-refractivity contribution in [2.45, 2.75) is 19.4 Å². The summed E-state index contributed by atoms with van der Waals surface area (Å²) >= 11 is 0. The minimum absolute atomic E-state index is 0. The van der Waals surface area contributed by atoms with Crippen LogP contribution in [0.3, 0.4) is 0 Å². The van der Waals surface area contributed by atoms with E-state index in [-0.39, 0.29) is 24.4 Å². The number of hydrogen-bond donors (Lipinski definition) is 2. The third-order valence-corrected chi connectivity index (χ3v) is 2.60. The molecule has 0 fully saturated rings. The van der Waals surface area contributed by atoms with Gasteiger partial charge in [-0.05, 0) is 31.7 Å². The van der Waals surface area contributed by atoms with Crippen LogP contribution in [0.5, 0.6) is 0 Å². The van der Waals surface area contributed by atoms with E-state index in [0.29, 0.717) is 13.0 Å². The molecular weight excluding hydrogens is 252 g/mol. The van der Waals surface area contributed by atoms with Gasteiger partial charge in [0.05, 0.1) is 6.10 Å². The first-order chi connectivity index (χ1) is 8.17. The maximum Gasteiger partial charge on any atom is 0.225 e. The lowest BCUT2D eigenvalue weighted by atomic mass is 10.1. The highest BCUT2D eigenvalue weighted by Gasteiger charge is 2.06. The van der Waals surface area contributed by atoms with Gasteiger partial charge in [-0.3, -0.25) is 4.79 Å². The second-order valence-electron chi connectivity index (χ2n) is 3.91. The third-order valence-electron chi connectivity index (χ3n) is 2.60. The van der Waals surface area contributed by atoms with Crippen LogP contribution in [0.2, 0.25) is 0 Å². The number of amides is 1. The lowest BCUT2D eigenvalue weighted by Gasteiger charge is -2.12. The smallest absolute Gasteiger partial charge is 0.225 e. The predicted octanol–water partition coefficient (Wildman–Crippen LogP) is 2.36. The summed E-state index contributed by atoms with van der Waals surface area (Å²) in [4.78, 5) is 11.5. The van der Waals surface area contributed by atoms with Gasteiger partial charge in [0, 0.05) is 25.8 Å². The minimum atomic E-state index is 0. The Morgan fingerprint density at radius 2 is 2.17 bits per heavy atom. The van der Waals surface area contributed by atoms with Gasteiger partial charge in [0.2, 0.25) is 5.91 Å². The molecule has 0 heterocycles. The molecule has 1 rings (SSSR count). The Hall–Kier alpha value is -1.10. The van der Waals surface area contributed by atoms with Gasteiger partial charge in [0.1, 0.15) is 0 Å². The first kappa shape index (κ1) is 16.9. The molecule has 1 atom stereocenters. The Morgan fingerprint density at radius 3 is 2.78 bits per heavy atom. The fourth-order valence-electron chi connectivity index (χ4n) is 1.47. The molecule has 0 saturated carbocycles. The normalized spacial score (nSPS) is 11.5. The SMILES string of the molecule is CNCCC(=O)Nc1cccc(C(C)OC)c1.Cl. The number of rotatable bonds is 6. The van der Waals surface area contributed by atoms with Gasteiger partial charge >= 0.3 is 0 Å². The lowest BCUT2D eigenvalue weighted by molar-refractivity contribution is -0.116. The summed E-state index contributed by atoms with van der Waals surface area (Å²) in [5.41, 5.74) is 1.87. The molecule has 102 valence electrons. The zero-order chi connectivity index (χ0) is 12.7. The van der Waals surface area contributed by atoms with Gasteiger partial charge in [0.25, 0.3) is 0 Å². The van der Waals surface area contributed by atoms with Crippen LogP contribution in [0.25, 0.3) is 0 Å². The standard InChI is InChI=1S/C13H20N2O2.ClH/c1-10(17-3)11-5-4-6-12(9-11)15-13(16)7-8-14-2;/h4-6,9-10,14H,7-8H2,1-3H3,(H,15,16);1H. The van der Waals surface area contributed by atoms with E-state index >= 15 is 0 Å². The van der Waals surface area contributed by atoms with Gasteiger partial charge < -0.3 is 15.4 Å². The lowest BCUT2D eigenvalue weighted by Crippen LogP contribution is -2.18. The van der Waals surface area contributed by atoms with Crippen molar-refractivity contribution in [2.24, 2.45) is 0 Å². The first-order valence-corrected chi connectivity index (χ1v) is 5.74. The number of carbonyl (C=O) groups excluding carboxylic acids is 1. The zero-order valence-corrected chi connectivity index (χ0v) is 11.8. The Bertz CT molecular complexity index is 372. The summed E-state index contributed by atoms with van der Waals surface area (Å²) < 4.78 is 5.24. The number of benzene rings is 1. The first-order valence-electron chi connectivity index (χ1n) is 5.74. The largest absolute Gasteiger partial charge is 0.377 e. The monoisotopic (exact) mass is 272 g/mol. The zero-order valence-electron chi connectivity index (χ0n) is 11.0. The Labute approximate surface area is 115 Å². The molecule has 2 N–H and O–H groups in total. The summed E-state index contributed by atoms with van der Waals surface area (Å²) in [5.74, 6) is 0.0153. The summed E-state index contributed by atoms with van der Waals surface area (Å²) in [7, 11) is 3.50. The van der Waals surface area contributed by atoms with E-state index in [0.717, 1.165) is 11.3 Å². The van der Waals surface area contributed by atoms with Crippen molar-refractivity contribution in [2.75, 3.05) is 26.0 Å². The number of methoxy groups -OCH3 is 1. The van der Waals surface area contributed by atoms with Crippen LogP contribution in [0.15, 0.2) is 24.3 Å². The van der Waals surface area contributed by atoms with E-state index in [1.54, 1.807) is 7.11 Å². The summed E-state index contributed by atoms with van der Waals surface area (Å²) in [6.07, 6.45) is 0.504. The molecule has 0 bridgehead atoms. The van der Waals surface area contributed by atoms with Gasteiger partial charge in [-0.25, -0.2) is 0 Å². The van der Waals surface area contributed by atoms with Crippen LogP contribution in [0.1, 0.15) is 25.0 Å². The number of carbonyl (C=O) groups is 1. The number of ether oxygens (including phenoxy) is 1. The average Bonchev–Trinajstić information content (AvgIpc) is 2.35. The van der Waals surface area contributed by atoms with E-state index in [1.807, 2.05) is 38.2 Å². The molecule has 0 spiro atoms. The molecule has 1 unspecified atom stereocenters. The average molecular weight is 273 g/mol. The molecule has 1 aromatic carbocycles. The van der Waals surface area contributed by atoms with Crippen molar-refractivity contribution in [3.63, 3.8) is 0 Å². The maximum absolute atomic E-state index is 11.5. The van der Waals surface area contributed by atoms with Crippen LogP contribution in [-0.4, -0.2) is 26.6 Å². The fraction of sp³-hybridized carbons (Fsp3) is 0.462. The number of halogens is 1. The van der Waals surface area contributed by atoms with Gasteiger partial charge in [-0.15, -0.1) is 12.4 Å². The molecule has 4 nitrogen and oxygen atoms in total. The van der Waals surface area contributed by atoms with E-state index in [4.69, 9.17) is 4.74 Å². The van der Waals surface area contributed by atoms with Crippen molar-refractivity contribution in [1.29, 1.82) is 0 Å².